The van der Waals surface area contributed by atoms with Gasteiger partial charge in [0, 0.05) is 10.1 Å². The first-order chi connectivity index (χ1) is 18.5. The van der Waals surface area contributed by atoms with E-state index in [0.29, 0.717) is 50.3 Å². The molecule has 0 unspecified atom stereocenters. The highest BCUT2D eigenvalue weighted by Crippen LogP contribution is 2.47. The number of aromatic hydroxyl groups is 2. The fraction of sp³-hybridized carbons (Fsp3) is 0.250. The molecular weight excluding hydrogens is 512 g/mol. The number of hydrogen-bond donors (Lipinski definition) is 3. The van der Waals surface area contributed by atoms with E-state index in [0.717, 1.165) is 20.5 Å². The molecule has 200 valence electrons. The van der Waals surface area contributed by atoms with Gasteiger partial charge in [0.05, 0.1) is 37.9 Å². The zero-order chi connectivity index (χ0) is 26.7. The molecule has 0 spiro atoms. The molecule has 0 aliphatic carbocycles. The molecule has 0 atom stereocenters. The van der Waals surface area contributed by atoms with Crippen LogP contribution in [0.4, 0.5) is 0 Å². The van der Waals surface area contributed by atoms with Crippen LogP contribution in [-0.2, 0) is 19.0 Å². The molecule has 3 N–H and O–H groups in total. The molecule has 0 aliphatic heterocycles. The van der Waals surface area contributed by atoms with Gasteiger partial charge in [-0.3, -0.25) is 0 Å². The number of carbonyl (C=O) groups is 1. The molecule has 0 radical (unpaired) electrons. The van der Waals surface area contributed by atoms with Crippen molar-refractivity contribution in [3.05, 3.63) is 66.7 Å². The van der Waals surface area contributed by atoms with Crippen molar-refractivity contribution in [2.45, 2.75) is 0 Å². The maximum atomic E-state index is 10.3. The number of aliphatic carboxylic acids is 1. The number of carboxylic acids is 1. The highest BCUT2D eigenvalue weighted by atomic mass is 32.1. The molecule has 0 amide bonds. The van der Waals surface area contributed by atoms with Crippen molar-refractivity contribution < 1.29 is 43.8 Å². The second-order valence-corrected chi connectivity index (χ2v) is 9.13. The quantitative estimate of drug-likeness (QED) is 0.173. The lowest BCUT2D eigenvalue weighted by Crippen LogP contribution is -2.14. The van der Waals surface area contributed by atoms with Gasteiger partial charge >= 0.3 is 5.97 Å². The Morgan fingerprint density at radius 1 is 0.711 bits per heavy atom. The fourth-order valence-corrected chi connectivity index (χ4v) is 4.67. The molecule has 10 heteroatoms. The van der Waals surface area contributed by atoms with E-state index in [9.17, 15) is 15.0 Å². The van der Waals surface area contributed by atoms with Crippen molar-refractivity contribution in [2.75, 3.05) is 46.2 Å². The predicted octanol–water partition coefficient (Wildman–Crippen LogP) is 5.29. The van der Waals surface area contributed by atoms with Gasteiger partial charge in [-0.2, -0.15) is 0 Å². The summed E-state index contributed by atoms with van der Waals surface area (Å²) >= 11 is 1.50. The van der Waals surface area contributed by atoms with Crippen LogP contribution in [0.1, 0.15) is 0 Å². The Morgan fingerprint density at radius 3 is 2.00 bits per heavy atom. The SMILES string of the molecule is O=C(O)COCCOCCOCCOc1ccc(Oc2c(-c3ccc(O)cc3)sc3cc(O)ccc23)cc1. The third kappa shape index (κ3) is 7.83. The van der Waals surface area contributed by atoms with E-state index in [4.69, 9.17) is 28.8 Å². The second-order valence-electron chi connectivity index (χ2n) is 8.08. The van der Waals surface area contributed by atoms with Crippen LogP contribution in [0.2, 0.25) is 0 Å². The standard InChI is InChI=1S/C28H28O9S/c29-20-3-1-19(2-4-20)28-27(24-10-5-21(30)17-25(24)38-28)37-23-8-6-22(7-9-23)36-16-15-34-12-11-33-13-14-35-18-26(31)32/h1-10,17,29-30H,11-16,18H2,(H,31,32). The first kappa shape index (κ1) is 27.2. The van der Waals surface area contributed by atoms with Crippen molar-refractivity contribution >= 4 is 27.4 Å². The third-order valence-electron chi connectivity index (χ3n) is 5.27. The lowest BCUT2D eigenvalue weighted by atomic mass is 10.1. The van der Waals surface area contributed by atoms with E-state index in [2.05, 4.69) is 0 Å². The number of rotatable bonds is 15. The minimum absolute atomic E-state index is 0.183. The maximum Gasteiger partial charge on any atom is 0.329 e. The molecule has 1 heterocycles. The molecule has 4 rings (SSSR count). The van der Waals surface area contributed by atoms with Gasteiger partial charge in [-0.05, 0) is 72.3 Å². The molecule has 0 saturated heterocycles. The van der Waals surface area contributed by atoms with E-state index in [1.54, 1.807) is 24.3 Å². The van der Waals surface area contributed by atoms with Crippen LogP contribution in [0.15, 0.2) is 66.7 Å². The summed E-state index contributed by atoms with van der Waals surface area (Å²) < 4.78 is 28.5. The Bertz CT molecular complexity index is 1320. The van der Waals surface area contributed by atoms with Crippen LogP contribution in [0.3, 0.4) is 0 Å². The highest BCUT2D eigenvalue weighted by molar-refractivity contribution is 7.22. The maximum absolute atomic E-state index is 10.3. The fourth-order valence-electron chi connectivity index (χ4n) is 3.51. The lowest BCUT2D eigenvalue weighted by Gasteiger charge is -2.10. The van der Waals surface area contributed by atoms with Crippen LogP contribution in [0.25, 0.3) is 20.5 Å². The smallest absolute Gasteiger partial charge is 0.329 e. The number of hydrogen-bond acceptors (Lipinski definition) is 9. The number of phenols is 2. The molecule has 9 nitrogen and oxygen atoms in total. The van der Waals surface area contributed by atoms with E-state index >= 15 is 0 Å². The minimum atomic E-state index is -1.01. The number of fused-ring (bicyclic) bond motifs is 1. The van der Waals surface area contributed by atoms with Gasteiger partial charge in [0.15, 0.2) is 5.75 Å². The van der Waals surface area contributed by atoms with Gasteiger partial charge < -0.3 is 39.0 Å². The van der Waals surface area contributed by atoms with Crippen LogP contribution < -0.4 is 9.47 Å². The summed E-state index contributed by atoms with van der Waals surface area (Å²) in [7, 11) is 0. The molecule has 0 fully saturated rings. The van der Waals surface area contributed by atoms with Crippen LogP contribution >= 0.6 is 11.3 Å². The third-order valence-corrected chi connectivity index (χ3v) is 6.45. The summed E-state index contributed by atoms with van der Waals surface area (Å²) in [5.41, 5.74) is 0.898. The molecular formula is C28H28O9S. The summed E-state index contributed by atoms with van der Waals surface area (Å²) in [5.74, 6) is 1.34. The van der Waals surface area contributed by atoms with Gasteiger partial charge in [-0.1, -0.05) is 0 Å². The normalized spacial score (nSPS) is 11.1. The molecule has 0 bridgehead atoms. The highest BCUT2D eigenvalue weighted by Gasteiger charge is 2.17. The summed E-state index contributed by atoms with van der Waals surface area (Å²) in [6.07, 6.45) is 0. The Kier molecular flexibility index (Phi) is 9.77. The second kappa shape index (κ2) is 13.6. The summed E-state index contributed by atoms with van der Waals surface area (Å²) in [6.45, 7) is 1.73. The first-order valence-corrected chi connectivity index (χ1v) is 12.7. The number of carboxylic acid groups (broad SMARTS) is 1. The van der Waals surface area contributed by atoms with Gasteiger partial charge in [0.1, 0.15) is 36.2 Å². The predicted molar refractivity (Wildman–Crippen MR) is 143 cm³/mol. The van der Waals surface area contributed by atoms with Crippen molar-refractivity contribution in [2.24, 2.45) is 0 Å². The zero-order valence-corrected chi connectivity index (χ0v) is 21.3. The van der Waals surface area contributed by atoms with Crippen LogP contribution in [0, 0.1) is 0 Å². The van der Waals surface area contributed by atoms with Crippen molar-refractivity contribution in [1.29, 1.82) is 0 Å². The van der Waals surface area contributed by atoms with Crippen LogP contribution in [0.5, 0.6) is 28.7 Å². The van der Waals surface area contributed by atoms with Crippen molar-refractivity contribution in [1.82, 2.24) is 0 Å². The van der Waals surface area contributed by atoms with Crippen molar-refractivity contribution in [3.8, 4) is 39.2 Å². The summed E-state index contributed by atoms with van der Waals surface area (Å²) in [5, 5.41) is 28.9. The Morgan fingerprint density at radius 2 is 1.32 bits per heavy atom. The average Bonchev–Trinajstić information content (AvgIpc) is 3.25. The van der Waals surface area contributed by atoms with Crippen molar-refractivity contribution in [3.63, 3.8) is 0 Å². The Hall–Kier alpha value is -3.83. The van der Waals surface area contributed by atoms with Gasteiger partial charge in [0.25, 0.3) is 0 Å². The number of phenolic OH excluding ortho intramolecular Hbond substituents is 2. The molecule has 1 aromatic heterocycles. The van der Waals surface area contributed by atoms with E-state index in [1.165, 1.54) is 11.3 Å². The minimum Gasteiger partial charge on any atom is -0.508 e. The monoisotopic (exact) mass is 540 g/mol. The summed E-state index contributed by atoms with van der Waals surface area (Å²) in [6, 6.07) is 19.4. The first-order valence-electron chi connectivity index (χ1n) is 11.9. The topological polar surface area (TPSA) is 124 Å². The molecule has 4 aromatic rings. The number of thiophene rings is 1. The van der Waals surface area contributed by atoms with Gasteiger partial charge in [-0.25, -0.2) is 4.79 Å². The molecule has 3 aromatic carbocycles. The zero-order valence-electron chi connectivity index (χ0n) is 20.5. The number of benzene rings is 3. The van der Waals surface area contributed by atoms with E-state index < -0.39 is 5.97 Å². The largest absolute Gasteiger partial charge is 0.508 e. The molecule has 38 heavy (non-hydrogen) atoms. The van der Waals surface area contributed by atoms with Gasteiger partial charge in [0.2, 0.25) is 0 Å². The Balaban J connectivity index is 1.27. The summed E-state index contributed by atoms with van der Waals surface area (Å²) in [4.78, 5) is 11.2. The lowest BCUT2D eigenvalue weighted by molar-refractivity contribution is -0.142. The average molecular weight is 541 g/mol. The van der Waals surface area contributed by atoms with Gasteiger partial charge in [-0.15, -0.1) is 11.3 Å². The van der Waals surface area contributed by atoms with E-state index in [1.807, 2.05) is 42.5 Å². The van der Waals surface area contributed by atoms with E-state index in [-0.39, 0.29) is 24.7 Å². The number of ether oxygens (including phenoxy) is 5. The van der Waals surface area contributed by atoms with Crippen LogP contribution in [-0.4, -0.2) is 67.5 Å². The molecule has 0 saturated carbocycles. The molecule has 0 aliphatic rings. The Labute approximate surface area is 223 Å².